The SMILES string of the molecule is COc1ccc(NC(=O)NCC(C)C)cn1. The van der Waals surface area contributed by atoms with Crippen molar-refractivity contribution < 1.29 is 9.53 Å². The summed E-state index contributed by atoms with van der Waals surface area (Å²) in [6.07, 6.45) is 1.55. The first kappa shape index (κ1) is 12.3. The standard InChI is InChI=1S/C11H17N3O2/c1-8(2)6-13-11(15)14-9-4-5-10(16-3)12-7-9/h4-5,7-8H,6H2,1-3H3,(H2,13,14,15). The summed E-state index contributed by atoms with van der Waals surface area (Å²) in [6, 6.07) is 3.21. The molecular formula is C11H17N3O2. The number of amides is 2. The van der Waals surface area contributed by atoms with Crippen molar-refractivity contribution in [2.45, 2.75) is 13.8 Å². The number of nitrogens with one attached hydrogen (secondary N) is 2. The number of urea groups is 1. The van der Waals surface area contributed by atoms with Crippen LogP contribution in [0, 0.1) is 5.92 Å². The Bertz CT molecular complexity index is 336. The smallest absolute Gasteiger partial charge is 0.319 e. The molecule has 5 heteroatoms. The second kappa shape index (κ2) is 5.95. The number of aromatic nitrogens is 1. The van der Waals surface area contributed by atoms with Crippen molar-refractivity contribution in [3.63, 3.8) is 0 Å². The van der Waals surface area contributed by atoms with Gasteiger partial charge in [0.15, 0.2) is 0 Å². The van der Waals surface area contributed by atoms with Crippen LogP contribution in [0.3, 0.4) is 0 Å². The van der Waals surface area contributed by atoms with Crippen LogP contribution in [0.5, 0.6) is 5.88 Å². The molecule has 16 heavy (non-hydrogen) atoms. The molecule has 0 saturated heterocycles. The molecule has 1 heterocycles. The van der Waals surface area contributed by atoms with Crippen LogP contribution < -0.4 is 15.4 Å². The van der Waals surface area contributed by atoms with E-state index < -0.39 is 0 Å². The fraction of sp³-hybridized carbons (Fsp3) is 0.455. The fourth-order valence-corrected chi connectivity index (χ4v) is 1.05. The number of hydrogen-bond donors (Lipinski definition) is 2. The van der Waals surface area contributed by atoms with Crippen molar-refractivity contribution in [2.75, 3.05) is 19.0 Å². The first-order valence-electron chi connectivity index (χ1n) is 5.16. The average molecular weight is 223 g/mol. The Labute approximate surface area is 95.2 Å². The fourth-order valence-electron chi connectivity index (χ4n) is 1.05. The molecule has 1 rings (SSSR count). The van der Waals surface area contributed by atoms with E-state index in [-0.39, 0.29) is 6.03 Å². The molecule has 0 aliphatic heterocycles. The predicted octanol–water partition coefficient (Wildman–Crippen LogP) is 1.87. The molecule has 0 atom stereocenters. The highest BCUT2D eigenvalue weighted by Crippen LogP contribution is 2.10. The summed E-state index contributed by atoms with van der Waals surface area (Å²) in [5.41, 5.74) is 0.641. The van der Waals surface area contributed by atoms with Crippen LogP contribution in [-0.2, 0) is 0 Å². The van der Waals surface area contributed by atoms with Crippen LogP contribution in [0.15, 0.2) is 18.3 Å². The summed E-state index contributed by atoms with van der Waals surface area (Å²) in [7, 11) is 1.55. The normalized spacial score (nSPS) is 10.0. The second-order valence-corrected chi connectivity index (χ2v) is 3.82. The van der Waals surface area contributed by atoms with Gasteiger partial charge in [0.2, 0.25) is 5.88 Å². The van der Waals surface area contributed by atoms with E-state index >= 15 is 0 Å². The number of rotatable bonds is 4. The molecule has 0 saturated carbocycles. The Balaban J connectivity index is 2.43. The molecule has 0 spiro atoms. The molecule has 5 nitrogen and oxygen atoms in total. The summed E-state index contributed by atoms with van der Waals surface area (Å²) < 4.78 is 4.91. The van der Waals surface area contributed by atoms with Gasteiger partial charge in [0.05, 0.1) is 19.0 Å². The lowest BCUT2D eigenvalue weighted by Gasteiger charge is -2.09. The van der Waals surface area contributed by atoms with Crippen LogP contribution in [-0.4, -0.2) is 24.7 Å². The van der Waals surface area contributed by atoms with Crippen LogP contribution in [0.1, 0.15) is 13.8 Å². The second-order valence-electron chi connectivity index (χ2n) is 3.82. The highest BCUT2D eigenvalue weighted by Gasteiger charge is 2.02. The van der Waals surface area contributed by atoms with Crippen molar-refractivity contribution >= 4 is 11.7 Å². The van der Waals surface area contributed by atoms with E-state index in [1.54, 1.807) is 25.4 Å². The van der Waals surface area contributed by atoms with E-state index in [0.29, 0.717) is 24.0 Å². The third kappa shape index (κ3) is 4.16. The molecule has 1 aromatic rings. The molecule has 0 aromatic carbocycles. The van der Waals surface area contributed by atoms with E-state index in [1.807, 2.05) is 13.8 Å². The first-order valence-corrected chi connectivity index (χ1v) is 5.16. The predicted molar refractivity (Wildman–Crippen MR) is 62.6 cm³/mol. The Hall–Kier alpha value is -1.78. The number of pyridine rings is 1. The van der Waals surface area contributed by atoms with E-state index in [4.69, 9.17) is 4.74 Å². The van der Waals surface area contributed by atoms with Gasteiger partial charge in [0.1, 0.15) is 0 Å². The first-order chi connectivity index (χ1) is 7.61. The Morgan fingerprint density at radius 1 is 1.50 bits per heavy atom. The van der Waals surface area contributed by atoms with E-state index in [1.165, 1.54) is 0 Å². The summed E-state index contributed by atoms with van der Waals surface area (Å²) in [5, 5.41) is 5.43. The van der Waals surface area contributed by atoms with Gasteiger partial charge in [0.25, 0.3) is 0 Å². The zero-order chi connectivity index (χ0) is 12.0. The summed E-state index contributed by atoms with van der Waals surface area (Å²) in [4.78, 5) is 15.4. The number of methoxy groups -OCH3 is 1. The van der Waals surface area contributed by atoms with Crippen LogP contribution in [0.25, 0.3) is 0 Å². The maximum Gasteiger partial charge on any atom is 0.319 e. The Morgan fingerprint density at radius 3 is 2.75 bits per heavy atom. The van der Waals surface area contributed by atoms with Crippen LogP contribution in [0.4, 0.5) is 10.5 Å². The summed E-state index contributed by atoms with van der Waals surface area (Å²) in [6.45, 7) is 4.72. The number of nitrogens with zero attached hydrogens (tertiary/aromatic N) is 1. The lowest BCUT2D eigenvalue weighted by Crippen LogP contribution is -2.31. The zero-order valence-corrected chi connectivity index (χ0v) is 9.78. The number of carbonyl (C=O) groups is 1. The van der Waals surface area contributed by atoms with Crippen molar-refractivity contribution in [3.8, 4) is 5.88 Å². The van der Waals surface area contributed by atoms with E-state index in [0.717, 1.165) is 0 Å². The topological polar surface area (TPSA) is 63.2 Å². The molecule has 0 aliphatic carbocycles. The molecule has 88 valence electrons. The monoisotopic (exact) mass is 223 g/mol. The van der Waals surface area contributed by atoms with Crippen molar-refractivity contribution in [1.29, 1.82) is 0 Å². The maximum absolute atomic E-state index is 11.4. The van der Waals surface area contributed by atoms with Crippen molar-refractivity contribution in [2.24, 2.45) is 5.92 Å². The average Bonchev–Trinajstić information content (AvgIpc) is 2.27. The lowest BCUT2D eigenvalue weighted by molar-refractivity contribution is 0.251. The number of hydrogen-bond acceptors (Lipinski definition) is 3. The van der Waals surface area contributed by atoms with Crippen molar-refractivity contribution in [3.05, 3.63) is 18.3 Å². The summed E-state index contributed by atoms with van der Waals surface area (Å²) in [5.74, 6) is 0.952. The Morgan fingerprint density at radius 2 is 2.25 bits per heavy atom. The van der Waals surface area contributed by atoms with Gasteiger partial charge in [-0.2, -0.15) is 0 Å². The largest absolute Gasteiger partial charge is 0.481 e. The minimum Gasteiger partial charge on any atom is -0.481 e. The highest BCUT2D eigenvalue weighted by molar-refractivity contribution is 5.88. The third-order valence-electron chi connectivity index (χ3n) is 1.87. The van der Waals surface area contributed by atoms with Gasteiger partial charge in [-0.1, -0.05) is 13.8 Å². The molecule has 2 amide bonds. The lowest BCUT2D eigenvalue weighted by atomic mass is 10.2. The minimum atomic E-state index is -0.222. The Kier molecular flexibility index (Phi) is 4.57. The highest BCUT2D eigenvalue weighted by atomic mass is 16.5. The number of anilines is 1. The van der Waals surface area contributed by atoms with E-state index in [2.05, 4.69) is 15.6 Å². The van der Waals surface area contributed by atoms with Crippen LogP contribution >= 0.6 is 0 Å². The van der Waals surface area contributed by atoms with Gasteiger partial charge >= 0.3 is 6.03 Å². The third-order valence-corrected chi connectivity index (χ3v) is 1.87. The van der Waals surface area contributed by atoms with Gasteiger partial charge in [-0.3, -0.25) is 0 Å². The summed E-state index contributed by atoms with van der Waals surface area (Å²) >= 11 is 0. The molecule has 0 radical (unpaired) electrons. The molecule has 0 aliphatic rings. The molecule has 0 bridgehead atoms. The van der Waals surface area contributed by atoms with Gasteiger partial charge in [-0.05, 0) is 12.0 Å². The number of carbonyl (C=O) groups excluding carboxylic acids is 1. The maximum atomic E-state index is 11.4. The van der Waals surface area contributed by atoms with Gasteiger partial charge in [-0.25, -0.2) is 9.78 Å². The van der Waals surface area contributed by atoms with Gasteiger partial charge in [-0.15, -0.1) is 0 Å². The minimum absolute atomic E-state index is 0.222. The molecule has 2 N–H and O–H groups in total. The van der Waals surface area contributed by atoms with Gasteiger partial charge in [0, 0.05) is 12.6 Å². The quantitative estimate of drug-likeness (QED) is 0.819. The molecule has 0 fully saturated rings. The van der Waals surface area contributed by atoms with Crippen LogP contribution in [0.2, 0.25) is 0 Å². The zero-order valence-electron chi connectivity index (χ0n) is 9.78. The molecule has 0 unspecified atom stereocenters. The molecule has 1 aromatic heterocycles. The van der Waals surface area contributed by atoms with E-state index in [9.17, 15) is 4.79 Å². The number of ether oxygens (including phenoxy) is 1. The molecular weight excluding hydrogens is 206 g/mol. The van der Waals surface area contributed by atoms with Crippen molar-refractivity contribution in [1.82, 2.24) is 10.3 Å². The van der Waals surface area contributed by atoms with Gasteiger partial charge < -0.3 is 15.4 Å².